The van der Waals surface area contributed by atoms with Crippen LogP contribution in [0.1, 0.15) is 18.5 Å². The van der Waals surface area contributed by atoms with E-state index in [0.29, 0.717) is 0 Å². The smallest absolute Gasteiger partial charge is 0.128 e. The molecule has 1 atom stereocenters. The summed E-state index contributed by atoms with van der Waals surface area (Å²) in [5.41, 5.74) is 6.93. The van der Waals surface area contributed by atoms with E-state index in [9.17, 15) is 0 Å². The summed E-state index contributed by atoms with van der Waals surface area (Å²) >= 11 is 6.90. The Morgan fingerprint density at radius 3 is 2.17 bits per heavy atom. The molecule has 2 nitrogen and oxygen atoms in total. The highest BCUT2D eigenvalue weighted by Crippen LogP contribution is 2.29. The van der Waals surface area contributed by atoms with Crippen LogP contribution in [0.15, 0.2) is 51.4 Å². The first-order valence-electron chi connectivity index (χ1n) is 5.54. The monoisotopic (exact) mass is 369 g/mol. The second kappa shape index (κ2) is 5.87. The van der Waals surface area contributed by atoms with Crippen LogP contribution in [-0.4, -0.2) is 0 Å². The molecule has 0 aliphatic rings. The van der Waals surface area contributed by atoms with Gasteiger partial charge in [0.15, 0.2) is 0 Å². The van der Waals surface area contributed by atoms with E-state index in [-0.39, 0.29) is 6.04 Å². The quantitative estimate of drug-likeness (QED) is 0.822. The minimum atomic E-state index is 0.00102. The standard InChI is InChI=1S/C14H13Br2NO/c1-9(17)13-7-6-12(8-14(13)16)18-11-4-2-10(15)3-5-11/h2-9H,17H2,1H3. The van der Waals surface area contributed by atoms with E-state index in [2.05, 4.69) is 31.9 Å². The maximum Gasteiger partial charge on any atom is 0.128 e. The minimum absolute atomic E-state index is 0.00102. The van der Waals surface area contributed by atoms with Crippen molar-refractivity contribution in [2.45, 2.75) is 13.0 Å². The molecule has 2 aromatic rings. The van der Waals surface area contributed by atoms with Crippen molar-refractivity contribution in [3.05, 3.63) is 57.0 Å². The molecule has 0 saturated heterocycles. The van der Waals surface area contributed by atoms with Gasteiger partial charge in [0.1, 0.15) is 11.5 Å². The lowest BCUT2D eigenvalue weighted by Crippen LogP contribution is -2.05. The molecule has 0 aromatic heterocycles. The van der Waals surface area contributed by atoms with Gasteiger partial charge in [-0.15, -0.1) is 0 Å². The lowest BCUT2D eigenvalue weighted by Gasteiger charge is -2.11. The molecule has 0 heterocycles. The van der Waals surface area contributed by atoms with Crippen LogP contribution in [0.4, 0.5) is 0 Å². The van der Waals surface area contributed by atoms with Gasteiger partial charge in [0.2, 0.25) is 0 Å². The van der Waals surface area contributed by atoms with Gasteiger partial charge >= 0.3 is 0 Å². The van der Waals surface area contributed by atoms with Gasteiger partial charge in [0.05, 0.1) is 0 Å². The van der Waals surface area contributed by atoms with E-state index in [1.165, 1.54) is 0 Å². The largest absolute Gasteiger partial charge is 0.457 e. The van der Waals surface area contributed by atoms with Gasteiger partial charge in [-0.3, -0.25) is 0 Å². The summed E-state index contributed by atoms with van der Waals surface area (Å²) in [5, 5.41) is 0. The fourth-order valence-electron chi connectivity index (χ4n) is 1.58. The van der Waals surface area contributed by atoms with Crippen molar-refractivity contribution in [1.82, 2.24) is 0 Å². The Morgan fingerprint density at radius 1 is 1.00 bits per heavy atom. The van der Waals surface area contributed by atoms with E-state index in [1.54, 1.807) is 0 Å². The number of benzene rings is 2. The molecular formula is C14H13Br2NO. The van der Waals surface area contributed by atoms with Crippen molar-refractivity contribution in [1.29, 1.82) is 0 Å². The van der Waals surface area contributed by atoms with Crippen LogP contribution >= 0.6 is 31.9 Å². The summed E-state index contributed by atoms with van der Waals surface area (Å²) in [7, 11) is 0. The number of hydrogen-bond donors (Lipinski definition) is 1. The van der Waals surface area contributed by atoms with Crippen molar-refractivity contribution in [2.24, 2.45) is 5.73 Å². The fourth-order valence-corrected chi connectivity index (χ4v) is 2.56. The van der Waals surface area contributed by atoms with E-state index in [4.69, 9.17) is 10.5 Å². The van der Waals surface area contributed by atoms with Crippen LogP contribution < -0.4 is 10.5 Å². The molecule has 0 bridgehead atoms. The van der Waals surface area contributed by atoms with Crippen molar-refractivity contribution >= 4 is 31.9 Å². The van der Waals surface area contributed by atoms with Gasteiger partial charge in [0, 0.05) is 15.0 Å². The number of nitrogens with two attached hydrogens (primary N) is 1. The highest BCUT2D eigenvalue weighted by Gasteiger charge is 2.06. The summed E-state index contributed by atoms with van der Waals surface area (Å²) in [5.74, 6) is 1.59. The first-order chi connectivity index (χ1) is 8.56. The van der Waals surface area contributed by atoms with E-state index < -0.39 is 0 Å². The molecule has 94 valence electrons. The first kappa shape index (κ1) is 13.6. The van der Waals surface area contributed by atoms with Crippen LogP contribution in [0.5, 0.6) is 11.5 Å². The van der Waals surface area contributed by atoms with Crippen molar-refractivity contribution in [2.75, 3.05) is 0 Å². The lowest BCUT2D eigenvalue weighted by atomic mass is 10.1. The lowest BCUT2D eigenvalue weighted by molar-refractivity contribution is 0.482. The molecular weight excluding hydrogens is 358 g/mol. The van der Waals surface area contributed by atoms with Gasteiger partial charge in [-0.05, 0) is 48.9 Å². The molecule has 2 N–H and O–H groups in total. The van der Waals surface area contributed by atoms with E-state index >= 15 is 0 Å². The third-order valence-electron chi connectivity index (χ3n) is 2.51. The molecule has 2 rings (SSSR count). The van der Waals surface area contributed by atoms with Gasteiger partial charge in [0.25, 0.3) is 0 Å². The number of halogens is 2. The average Bonchev–Trinajstić information content (AvgIpc) is 2.32. The highest BCUT2D eigenvalue weighted by molar-refractivity contribution is 9.10. The fraction of sp³-hybridized carbons (Fsp3) is 0.143. The third kappa shape index (κ3) is 3.34. The Hall–Kier alpha value is -0.840. The predicted molar refractivity (Wildman–Crippen MR) is 81.0 cm³/mol. The molecule has 4 heteroatoms. The Labute approximate surface area is 123 Å². The summed E-state index contributed by atoms with van der Waals surface area (Å²) < 4.78 is 7.75. The topological polar surface area (TPSA) is 35.2 Å². The van der Waals surface area contributed by atoms with E-state index in [0.717, 1.165) is 26.0 Å². The normalized spacial score (nSPS) is 12.2. The Kier molecular flexibility index (Phi) is 4.43. The maximum absolute atomic E-state index is 5.86. The number of hydrogen-bond acceptors (Lipinski definition) is 2. The Balaban J connectivity index is 2.20. The zero-order valence-corrected chi connectivity index (χ0v) is 13.0. The molecule has 0 aliphatic carbocycles. The van der Waals surface area contributed by atoms with Gasteiger partial charge in [-0.25, -0.2) is 0 Å². The molecule has 0 spiro atoms. The van der Waals surface area contributed by atoms with Crippen LogP contribution in [-0.2, 0) is 0 Å². The summed E-state index contributed by atoms with van der Waals surface area (Å²) in [4.78, 5) is 0. The summed E-state index contributed by atoms with van der Waals surface area (Å²) in [6, 6.07) is 13.5. The Morgan fingerprint density at radius 2 is 1.61 bits per heavy atom. The third-order valence-corrected chi connectivity index (χ3v) is 3.73. The zero-order chi connectivity index (χ0) is 13.1. The van der Waals surface area contributed by atoms with Crippen LogP contribution in [0.25, 0.3) is 0 Å². The molecule has 0 aliphatic heterocycles. The minimum Gasteiger partial charge on any atom is -0.457 e. The Bertz CT molecular complexity index is 538. The van der Waals surface area contributed by atoms with Crippen LogP contribution in [0.3, 0.4) is 0 Å². The molecule has 0 fully saturated rings. The molecule has 0 amide bonds. The predicted octanol–water partition coefficient (Wildman–Crippen LogP) is 5.02. The second-order valence-electron chi connectivity index (χ2n) is 4.03. The van der Waals surface area contributed by atoms with Gasteiger partial charge < -0.3 is 10.5 Å². The molecule has 0 saturated carbocycles. The average molecular weight is 371 g/mol. The second-order valence-corrected chi connectivity index (χ2v) is 5.80. The summed E-state index contributed by atoms with van der Waals surface area (Å²) in [6.45, 7) is 1.95. The van der Waals surface area contributed by atoms with Crippen LogP contribution in [0, 0.1) is 0 Å². The molecule has 0 radical (unpaired) electrons. The number of ether oxygens (including phenoxy) is 1. The molecule has 18 heavy (non-hydrogen) atoms. The summed E-state index contributed by atoms with van der Waals surface area (Å²) in [6.07, 6.45) is 0. The van der Waals surface area contributed by atoms with Gasteiger partial charge in [-0.2, -0.15) is 0 Å². The molecule has 2 aromatic carbocycles. The van der Waals surface area contributed by atoms with Crippen LogP contribution in [0.2, 0.25) is 0 Å². The van der Waals surface area contributed by atoms with Gasteiger partial charge in [-0.1, -0.05) is 37.9 Å². The molecule has 1 unspecified atom stereocenters. The van der Waals surface area contributed by atoms with E-state index in [1.807, 2.05) is 49.4 Å². The van der Waals surface area contributed by atoms with Crippen molar-refractivity contribution in [3.63, 3.8) is 0 Å². The highest BCUT2D eigenvalue weighted by atomic mass is 79.9. The SMILES string of the molecule is CC(N)c1ccc(Oc2ccc(Br)cc2)cc1Br. The zero-order valence-electron chi connectivity index (χ0n) is 9.86. The van der Waals surface area contributed by atoms with Crippen molar-refractivity contribution in [3.8, 4) is 11.5 Å². The number of rotatable bonds is 3. The van der Waals surface area contributed by atoms with Crippen molar-refractivity contribution < 1.29 is 4.74 Å². The maximum atomic E-state index is 5.86. The first-order valence-corrected chi connectivity index (χ1v) is 7.13.